The highest BCUT2D eigenvalue weighted by atomic mass is 16.5. The Morgan fingerprint density at radius 3 is 2.41 bits per heavy atom. The minimum absolute atomic E-state index is 0.0225. The van der Waals surface area contributed by atoms with Crippen LogP contribution in [-0.4, -0.2) is 44.0 Å². The van der Waals surface area contributed by atoms with Crippen LogP contribution in [0.3, 0.4) is 0 Å². The Labute approximate surface area is 159 Å². The van der Waals surface area contributed by atoms with Crippen molar-refractivity contribution in [1.29, 1.82) is 0 Å². The van der Waals surface area contributed by atoms with Crippen molar-refractivity contribution < 1.29 is 19.1 Å². The van der Waals surface area contributed by atoms with Gasteiger partial charge in [0.2, 0.25) is 11.8 Å². The number of nitrogens with one attached hydrogen (secondary N) is 1. The van der Waals surface area contributed by atoms with Gasteiger partial charge in [0.25, 0.3) is 0 Å². The molecule has 0 aromatic heterocycles. The lowest BCUT2D eigenvalue weighted by molar-refractivity contribution is -0.128. The SMILES string of the molecule is COc1cc(NC(=O)[C@@H]2CC(=O)N(CCc3ccccc3)C2)cc(OC)c1. The van der Waals surface area contributed by atoms with E-state index in [0.29, 0.717) is 30.3 Å². The van der Waals surface area contributed by atoms with Crippen molar-refractivity contribution in [3.05, 3.63) is 54.1 Å². The summed E-state index contributed by atoms with van der Waals surface area (Å²) >= 11 is 0. The lowest BCUT2D eigenvalue weighted by atomic mass is 10.1. The molecule has 0 saturated carbocycles. The molecule has 142 valence electrons. The van der Waals surface area contributed by atoms with Crippen LogP contribution in [0.5, 0.6) is 11.5 Å². The summed E-state index contributed by atoms with van der Waals surface area (Å²) in [5.74, 6) is 0.689. The zero-order valence-corrected chi connectivity index (χ0v) is 15.6. The molecule has 1 saturated heterocycles. The van der Waals surface area contributed by atoms with Gasteiger partial charge < -0.3 is 19.7 Å². The lowest BCUT2D eigenvalue weighted by Crippen LogP contribution is -2.30. The van der Waals surface area contributed by atoms with Crippen LogP contribution in [0.1, 0.15) is 12.0 Å². The summed E-state index contributed by atoms with van der Waals surface area (Å²) < 4.78 is 10.4. The molecule has 0 unspecified atom stereocenters. The molecule has 0 aliphatic carbocycles. The Morgan fingerprint density at radius 1 is 1.11 bits per heavy atom. The van der Waals surface area contributed by atoms with E-state index in [1.54, 1.807) is 37.3 Å². The van der Waals surface area contributed by atoms with Crippen molar-refractivity contribution in [1.82, 2.24) is 4.90 Å². The van der Waals surface area contributed by atoms with Gasteiger partial charge in [-0.3, -0.25) is 9.59 Å². The van der Waals surface area contributed by atoms with Crippen LogP contribution in [0.15, 0.2) is 48.5 Å². The molecule has 1 heterocycles. The molecular weight excluding hydrogens is 344 g/mol. The van der Waals surface area contributed by atoms with E-state index >= 15 is 0 Å². The molecule has 1 aliphatic rings. The monoisotopic (exact) mass is 368 g/mol. The second-order valence-corrected chi connectivity index (χ2v) is 6.57. The first-order valence-electron chi connectivity index (χ1n) is 8.94. The number of methoxy groups -OCH3 is 2. The fourth-order valence-electron chi connectivity index (χ4n) is 3.20. The Hall–Kier alpha value is -3.02. The number of hydrogen-bond acceptors (Lipinski definition) is 4. The van der Waals surface area contributed by atoms with Crippen LogP contribution < -0.4 is 14.8 Å². The van der Waals surface area contributed by atoms with Gasteiger partial charge in [-0.25, -0.2) is 0 Å². The fourth-order valence-corrected chi connectivity index (χ4v) is 3.20. The van der Waals surface area contributed by atoms with Crippen molar-refractivity contribution in [3.8, 4) is 11.5 Å². The van der Waals surface area contributed by atoms with Gasteiger partial charge in [0, 0.05) is 43.4 Å². The number of amides is 2. The summed E-state index contributed by atoms with van der Waals surface area (Å²) in [5.41, 5.74) is 1.77. The first-order valence-corrected chi connectivity index (χ1v) is 8.94. The zero-order valence-electron chi connectivity index (χ0n) is 15.6. The first-order chi connectivity index (χ1) is 13.1. The number of hydrogen-bond donors (Lipinski definition) is 1. The summed E-state index contributed by atoms with van der Waals surface area (Å²) in [6.07, 6.45) is 1.02. The second-order valence-electron chi connectivity index (χ2n) is 6.57. The summed E-state index contributed by atoms with van der Waals surface area (Å²) in [4.78, 5) is 26.6. The first kappa shape index (κ1) is 18.8. The minimum Gasteiger partial charge on any atom is -0.497 e. The molecule has 2 aromatic rings. The third kappa shape index (κ3) is 4.78. The van der Waals surface area contributed by atoms with Crippen molar-refractivity contribution in [2.45, 2.75) is 12.8 Å². The topological polar surface area (TPSA) is 67.9 Å². The van der Waals surface area contributed by atoms with Gasteiger partial charge in [-0.05, 0) is 12.0 Å². The summed E-state index contributed by atoms with van der Waals surface area (Å²) in [7, 11) is 3.11. The average molecular weight is 368 g/mol. The largest absolute Gasteiger partial charge is 0.497 e. The summed E-state index contributed by atoms with van der Waals surface area (Å²) in [5, 5.41) is 2.87. The Bertz CT molecular complexity index is 785. The molecule has 6 heteroatoms. The molecular formula is C21H24N2O4. The normalized spacial score (nSPS) is 16.3. The van der Waals surface area contributed by atoms with Gasteiger partial charge in [-0.2, -0.15) is 0 Å². The lowest BCUT2D eigenvalue weighted by Gasteiger charge is -2.17. The van der Waals surface area contributed by atoms with Crippen LogP contribution >= 0.6 is 0 Å². The predicted octanol–water partition coefficient (Wildman–Crippen LogP) is 2.73. The van der Waals surface area contributed by atoms with Crippen molar-refractivity contribution >= 4 is 17.5 Å². The number of anilines is 1. The molecule has 1 aliphatic heterocycles. The maximum Gasteiger partial charge on any atom is 0.229 e. The van der Waals surface area contributed by atoms with Crippen LogP contribution in [-0.2, 0) is 16.0 Å². The van der Waals surface area contributed by atoms with E-state index in [1.807, 2.05) is 30.3 Å². The standard InChI is InChI=1S/C21H24N2O4/c1-26-18-11-17(12-19(13-18)27-2)22-21(25)16-10-20(24)23(14-16)9-8-15-6-4-3-5-7-15/h3-7,11-13,16H,8-10,14H2,1-2H3,(H,22,25)/t16-/m1/s1. The molecule has 3 rings (SSSR count). The number of carbonyl (C=O) groups excluding carboxylic acids is 2. The molecule has 0 radical (unpaired) electrons. The molecule has 1 fully saturated rings. The quantitative estimate of drug-likeness (QED) is 0.816. The highest BCUT2D eigenvalue weighted by molar-refractivity contribution is 5.97. The van der Waals surface area contributed by atoms with E-state index in [2.05, 4.69) is 5.32 Å². The van der Waals surface area contributed by atoms with Crippen LogP contribution in [0, 0.1) is 5.92 Å². The maximum atomic E-state index is 12.6. The number of nitrogens with zero attached hydrogens (tertiary/aromatic N) is 1. The molecule has 6 nitrogen and oxygen atoms in total. The van der Waals surface area contributed by atoms with E-state index in [1.165, 1.54) is 5.56 Å². The average Bonchev–Trinajstić information content (AvgIpc) is 3.07. The van der Waals surface area contributed by atoms with E-state index in [-0.39, 0.29) is 24.2 Å². The van der Waals surface area contributed by atoms with E-state index in [0.717, 1.165) is 6.42 Å². The fraction of sp³-hybridized carbons (Fsp3) is 0.333. The molecule has 1 atom stereocenters. The smallest absolute Gasteiger partial charge is 0.229 e. The highest BCUT2D eigenvalue weighted by Gasteiger charge is 2.34. The second kappa shape index (κ2) is 8.58. The van der Waals surface area contributed by atoms with Gasteiger partial charge in [-0.1, -0.05) is 30.3 Å². The minimum atomic E-state index is -0.356. The van der Waals surface area contributed by atoms with Gasteiger partial charge in [0.15, 0.2) is 0 Å². The van der Waals surface area contributed by atoms with Crippen LogP contribution in [0.2, 0.25) is 0 Å². The number of ether oxygens (including phenoxy) is 2. The maximum absolute atomic E-state index is 12.6. The molecule has 2 amide bonds. The van der Waals surface area contributed by atoms with Gasteiger partial charge in [-0.15, -0.1) is 0 Å². The molecule has 27 heavy (non-hydrogen) atoms. The number of rotatable bonds is 7. The van der Waals surface area contributed by atoms with E-state index < -0.39 is 0 Å². The Balaban J connectivity index is 1.59. The predicted molar refractivity (Wildman–Crippen MR) is 103 cm³/mol. The van der Waals surface area contributed by atoms with Gasteiger partial charge in [0.05, 0.1) is 20.1 Å². The number of benzene rings is 2. The zero-order chi connectivity index (χ0) is 19.2. The third-order valence-corrected chi connectivity index (χ3v) is 4.72. The van der Waals surface area contributed by atoms with E-state index in [4.69, 9.17) is 9.47 Å². The van der Waals surface area contributed by atoms with Crippen molar-refractivity contribution in [3.63, 3.8) is 0 Å². The molecule has 2 aromatic carbocycles. The van der Waals surface area contributed by atoms with Gasteiger partial charge >= 0.3 is 0 Å². The summed E-state index contributed by atoms with van der Waals surface area (Å²) in [6, 6.07) is 15.2. The molecule has 0 bridgehead atoms. The molecule has 0 spiro atoms. The van der Waals surface area contributed by atoms with Crippen LogP contribution in [0.4, 0.5) is 5.69 Å². The Morgan fingerprint density at radius 2 is 1.78 bits per heavy atom. The van der Waals surface area contributed by atoms with Crippen molar-refractivity contribution in [2.75, 3.05) is 32.6 Å². The summed E-state index contributed by atoms with van der Waals surface area (Å²) in [6.45, 7) is 1.07. The van der Waals surface area contributed by atoms with E-state index in [9.17, 15) is 9.59 Å². The molecule has 1 N–H and O–H groups in total. The third-order valence-electron chi connectivity index (χ3n) is 4.72. The number of likely N-dealkylation sites (tertiary alicyclic amines) is 1. The number of carbonyl (C=O) groups is 2. The Kier molecular flexibility index (Phi) is 5.96. The van der Waals surface area contributed by atoms with Crippen LogP contribution in [0.25, 0.3) is 0 Å². The van der Waals surface area contributed by atoms with Crippen molar-refractivity contribution in [2.24, 2.45) is 5.92 Å². The van der Waals surface area contributed by atoms with Gasteiger partial charge in [0.1, 0.15) is 11.5 Å². The highest BCUT2D eigenvalue weighted by Crippen LogP contribution is 2.27.